The number of benzene rings is 1. The third-order valence-electron chi connectivity index (χ3n) is 7.22. The van der Waals surface area contributed by atoms with Crippen molar-refractivity contribution < 1.29 is 19.5 Å². The highest BCUT2D eigenvalue weighted by atomic mass is 16.3. The van der Waals surface area contributed by atoms with Gasteiger partial charge in [0.2, 0.25) is 11.7 Å². The Morgan fingerprint density at radius 3 is 2.28 bits per heavy atom. The molecule has 8 nitrogen and oxygen atoms in total. The molecule has 1 aromatic rings. The molecule has 1 fully saturated rings. The molecule has 2 aliphatic carbocycles. The summed E-state index contributed by atoms with van der Waals surface area (Å²) in [6, 6.07) is 5.52. The Morgan fingerprint density at radius 2 is 1.75 bits per heavy atom. The second-order valence-electron chi connectivity index (χ2n) is 10.6. The van der Waals surface area contributed by atoms with Crippen molar-refractivity contribution in [1.29, 1.82) is 0 Å². The highest BCUT2D eigenvalue weighted by Gasteiger charge is 2.45. The number of hydrazone groups is 1. The monoisotopic (exact) mass is 492 g/mol. The number of amides is 2. The van der Waals surface area contributed by atoms with Gasteiger partial charge in [0.15, 0.2) is 0 Å². The maximum Gasteiger partial charge on any atom is 0.277 e. The number of hydrogen-bond acceptors (Lipinski definition) is 6. The molecule has 0 radical (unpaired) electrons. The van der Waals surface area contributed by atoms with E-state index >= 15 is 0 Å². The standard InChI is InChI=1S/C28H36N4O4/c1-7-31(8-2)18-13-14-19(20(15-18)29-26(35)17-11-9-10-12-17)22-24(33)23(25(22)34)21-16(3)30-32(27(21)36)28(4,5)6/h13-15,17,33H,7-12H2,1-6H3,(H,29,35)/b23-21+. The number of aliphatic hydroxyl groups is 1. The van der Waals surface area contributed by atoms with Crippen LogP contribution in [0.15, 0.2) is 40.2 Å². The first-order valence-corrected chi connectivity index (χ1v) is 12.8. The van der Waals surface area contributed by atoms with E-state index in [1.54, 1.807) is 13.0 Å². The van der Waals surface area contributed by atoms with Crippen LogP contribution in [0, 0.1) is 5.92 Å². The van der Waals surface area contributed by atoms with Crippen molar-refractivity contribution in [3.63, 3.8) is 0 Å². The number of nitrogens with one attached hydrogen (secondary N) is 1. The van der Waals surface area contributed by atoms with Gasteiger partial charge < -0.3 is 15.3 Å². The van der Waals surface area contributed by atoms with Crippen LogP contribution in [0.1, 0.15) is 72.8 Å². The maximum absolute atomic E-state index is 13.4. The number of carbonyl (C=O) groups is 3. The Morgan fingerprint density at radius 1 is 1.11 bits per heavy atom. The molecule has 1 aliphatic heterocycles. The number of hydrogen-bond donors (Lipinski definition) is 2. The molecule has 8 heteroatoms. The summed E-state index contributed by atoms with van der Waals surface area (Å²) in [6.07, 6.45) is 3.77. The van der Waals surface area contributed by atoms with E-state index < -0.39 is 17.2 Å². The van der Waals surface area contributed by atoms with Gasteiger partial charge in [0.1, 0.15) is 5.76 Å². The normalized spacial score (nSPS) is 20.7. The lowest BCUT2D eigenvalue weighted by Crippen LogP contribution is -2.40. The number of ketones is 1. The van der Waals surface area contributed by atoms with E-state index in [1.807, 2.05) is 32.9 Å². The third kappa shape index (κ3) is 4.33. The van der Waals surface area contributed by atoms with Crippen molar-refractivity contribution in [2.45, 2.75) is 72.8 Å². The fourth-order valence-corrected chi connectivity index (χ4v) is 5.19. The molecule has 0 atom stereocenters. The largest absolute Gasteiger partial charge is 0.506 e. The van der Waals surface area contributed by atoms with Crippen LogP contribution in [0.5, 0.6) is 0 Å². The van der Waals surface area contributed by atoms with Crippen LogP contribution in [-0.2, 0) is 14.4 Å². The van der Waals surface area contributed by atoms with E-state index in [9.17, 15) is 19.5 Å². The van der Waals surface area contributed by atoms with Gasteiger partial charge in [-0.3, -0.25) is 14.4 Å². The zero-order valence-electron chi connectivity index (χ0n) is 22.1. The molecule has 1 aromatic carbocycles. The predicted molar refractivity (Wildman–Crippen MR) is 142 cm³/mol. The minimum atomic E-state index is -0.562. The summed E-state index contributed by atoms with van der Waals surface area (Å²) in [4.78, 5) is 41.6. The van der Waals surface area contributed by atoms with Crippen LogP contribution in [0.25, 0.3) is 5.57 Å². The van der Waals surface area contributed by atoms with E-state index in [0.717, 1.165) is 44.5 Å². The minimum Gasteiger partial charge on any atom is -0.506 e. The van der Waals surface area contributed by atoms with E-state index in [2.05, 4.69) is 29.2 Å². The highest BCUT2D eigenvalue weighted by Crippen LogP contribution is 2.43. The summed E-state index contributed by atoms with van der Waals surface area (Å²) in [5.74, 6) is -1.18. The second-order valence-corrected chi connectivity index (χ2v) is 10.6. The van der Waals surface area contributed by atoms with Crippen LogP contribution in [0.3, 0.4) is 0 Å². The van der Waals surface area contributed by atoms with Gasteiger partial charge in [0, 0.05) is 30.3 Å². The Balaban J connectivity index is 1.77. The summed E-state index contributed by atoms with van der Waals surface area (Å²) in [6.45, 7) is 12.9. The molecule has 0 bridgehead atoms. The molecular formula is C28H36N4O4. The number of allylic oxidation sites excluding steroid dienone is 2. The quantitative estimate of drug-likeness (QED) is 0.554. The Labute approximate surface area is 212 Å². The van der Waals surface area contributed by atoms with Gasteiger partial charge in [-0.15, -0.1) is 0 Å². The van der Waals surface area contributed by atoms with Crippen molar-refractivity contribution in [3.05, 3.63) is 40.7 Å². The molecule has 1 heterocycles. The summed E-state index contributed by atoms with van der Waals surface area (Å²) in [5, 5.41) is 19.8. The van der Waals surface area contributed by atoms with Crippen molar-refractivity contribution >= 4 is 40.3 Å². The van der Waals surface area contributed by atoms with Crippen molar-refractivity contribution in [3.8, 4) is 0 Å². The molecule has 3 aliphatic rings. The number of rotatable bonds is 6. The van der Waals surface area contributed by atoms with Gasteiger partial charge in [-0.2, -0.15) is 5.10 Å². The SMILES string of the molecule is CCN(CC)c1ccc(C2=C(O)/C(=C3\C(=O)N(C(C)(C)C)N=C3C)C2=O)c(NC(=O)C2CCCC2)c1. The Bertz CT molecular complexity index is 1210. The van der Waals surface area contributed by atoms with Crippen LogP contribution in [0.4, 0.5) is 11.4 Å². The topological polar surface area (TPSA) is 102 Å². The number of aliphatic hydroxyl groups excluding tert-OH is 1. The summed E-state index contributed by atoms with van der Waals surface area (Å²) in [5.41, 5.74) is 1.94. The van der Waals surface area contributed by atoms with Gasteiger partial charge >= 0.3 is 0 Å². The molecule has 1 saturated carbocycles. The summed E-state index contributed by atoms with van der Waals surface area (Å²) >= 11 is 0. The average molecular weight is 493 g/mol. The number of carbonyl (C=O) groups excluding carboxylic acids is 3. The average Bonchev–Trinajstić information content (AvgIpc) is 3.46. The van der Waals surface area contributed by atoms with Gasteiger partial charge in [-0.25, -0.2) is 5.01 Å². The first kappa shape index (κ1) is 25.7. The zero-order chi connectivity index (χ0) is 26.4. The fourth-order valence-electron chi connectivity index (χ4n) is 5.19. The predicted octanol–water partition coefficient (Wildman–Crippen LogP) is 4.83. The molecular weight excluding hydrogens is 456 g/mol. The zero-order valence-corrected chi connectivity index (χ0v) is 22.1. The van der Waals surface area contributed by atoms with Crippen LogP contribution in [-0.4, -0.2) is 52.1 Å². The molecule has 0 spiro atoms. The van der Waals surface area contributed by atoms with Crippen LogP contribution < -0.4 is 10.2 Å². The van der Waals surface area contributed by atoms with E-state index in [1.165, 1.54) is 5.01 Å². The molecule has 2 N–H and O–H groups in total. The molecule has 0 unspecified atom stereocenters. The first-order chi connectivity index (χ1) is 17.0. The van der Waals surface area contributed by atoms with E-state index in [-0.39, 0.29) is 34.3 Å². The fraction of sp³-hybridized carbons (Fsp3) is 0.500. The molecule has 0 saturated heterocycles. The Hall–Kier alpha value is -3.42. The van der Waals surface area contributed by atoms with Crippen molar-refractivity contribution in [2.75, 3.05) is 23.3 Å². The lowest BCUT2D eigenvalue weighted by atomic mass is 9.79. The summed E-state index contributed by atoms with van der Waals surface area (Å²) < 4.78 is 0. The minimum absolute atomic E-state index is 0.0103. The van der Waals surface area contributed by atoms with Crippen molar-refractivity contribution in [2.24, 2.45) is 11.0 Å². The molecule has 36 heavy (non-hydrogen) atoms. The van der Waals surface area contributed by atoms with Gasteiger partial charge in [-0.1, -0.05) is 12.8 Å². The van der Waals surface area contributed by atoms with Crippen LogP contribution in [0.2, 0.25) is 0 Å². The van der Waals surface area contributed by atoms with E-state index in [0.29, 0.717) is 17.0 Å². The number of anilines is 2. The lowest BCUT2D eigenvalue weighted by Gasteiger charge is -2.29. The third-order valence-corrected chi connectivity index (χ3v) is 7.22. The molecule has 2 amide bonds. The summed E-state index contributed by atoms with van der Waals surface area (Å²) in [7, 11) is 0. The highest BCUT2D eigenvalue weighted by molar-refractivity contribution is 6.44. The molecule has 192 valence electrons. The maximum atomic E-state index is 13.4. The lowest BCUT2D eigenvalue weighted by molar-refractivity contribution is -0.130. The van der Waals surface area contributed by atoms with Gasteiger partial charge in [-0.05, 0) is 72.6 Å². The Kier molecular flexibility index (Phi) is 6.82. The van der Waals surface area contributed by atoms with Crippen molar-refractivity contribution in [1.82, 2.24) is 5.01 Å². The molecule has 4 rings (SSSR count). The smallest absolute Gasteiger partial charge is 0.277 e. The number of nitrogens with zero attached hydrogens (tertiary/aromatic N) is 3. The first-order valence-electron chi connectivity index (χ1n) is 12.8. The van der Waals surface area contributed by atoms with Crippen LogP contribution >= 0.6 is 0 Å². The number of Topliss-reactive ketones (excluding diaryl/α,β-unsaturated/α-hetero) is 1. The molecule has 0 aromatic heterocycles. The van der Waals surface area contributed by atoms with Gasteiger partial charge in [0.05, 0.1) is 33.7 Å². The van der Waals surface area contributed by atoms with Gasteiger partial charge in [0.25, 0.3) is 5.91 Å². The second kappa shape index (κ2) is 9.56. The van der Waals surface area contributed by atoms with E-state index in [4.69, 9.17) is 0 Å².